The maximum Gasteiger partial charge on any atom is 0.227 e. The SMILES string of the molecule is COc1ccc(C)cc1NC(=O)C1CCN(c2c(C#N)cnc3ccc(F)cc23)CC1. The number of pyridine rings is 1. The van der Waals surface area contributed by atoms with Crippen LogP contribution in [0.3, 0.4) is 0 Å². The normalized spacial score (nSPS) is 14.3. The zero-order chi connectivity index (χ0) is 22.0. The molecule has 4 rings (SSSR count). The molecule has 1 saturated heterocycles. The topological polar surface area (TPSA) is 78.2 Å². The van der Waals surface area contributed by atoms with E-state index in [2.05, 4.69) is 21.3 Å². The van der Waals surface area contributed by atoms with Crippen LogP contribution < -0.4 is 15.0 Å². The number of carbonyl (C=O) groups is 1. The van der Waals surface area contributed by atoms with Crippen LogP contribution in [0.2, 0.25) is 0 Å². The summed E-state index contributed by atoms with van der Waals surface area (Å²) in [5.74, 6) is 0.0545. The molecule has 1 aliphatic rings. The van der Waals surface area contributed by atoms with Crippen molar-refractivity contribution in [1.82, 2.24) is 4.98 Å². The van der Waals surface area contributed by atoms with Crippen molar-refractivity contribution >= 4 is 28.2 Å². The highest BCUT2D eigenvalue weighted by Gasteiger charge is 2.28. The minimum Gasteiger partial charge on any atom is -0.495 e. The fraction of sp³-hybridized carbons (Fsp3) is 0.292. The predicted molar refractivity (Wildman–Crippen MR) is 118 cm³/mol. The number of ether oxygens (including phenoxy) is 1. The third-order valence-electron chi connectivity index (χ3n) is 5.72. The van der Waals surface area contributed by atoms with Crippen LogP contribution in [0.15, 0.2) is 42.6 Å². The van der Waals surface area contributed by atoms with Crippen LogP contribution in [-0.2, 0) is 4.79 Å². The van der Waals surface area contributed by atoms with Gasteiger partial charge in [-0.1, -0.05) is 6.07 Å². The number of anilines is 2. The highest BCUT2D eigenvalue weighted by molar-refractivity contribution is 5.96. The van der Waals surface area contributed by atoms with Gasteiger partial charge in [-0.25, -0.2) is 4.39 Å². The van der Waals surface area contributed by atoms with Crippen molar-refractivity contribution in [1.29, 1.82) is 5.26 Å². The first kappa shape index (κ1) is 20.6. The minimum absolute atomic E-state index is 0.0466. The molecule has 1 aliphatic heterocycles. The molecule has 2 heterocycles. The molecule has 0 spiro atoms. The highest BCUT2D eigenvalue weighted by atomic mass is 19.1. The lowest BCUT2D eigenvalue weighted by molar-refractivity contribution is -0.120. The maximum atomic E-state index is 13.9. The number of halogens is 1. The van der Waals surface area contributed by atoms with Crippen LogP contribution in [0.1, 0.15) is 24.0 Å². The van der Waals surface area contributed by atoms with Crippen LogP contribution in [0.5, 0.6) is 5.75 Å². The number of piperidine rings is 1. The molecule has 1 fully saturated rings. The van der Waals surface area contributed by atoms with Gasteiger partial charge in [-0.15, -0.1) is 0 Å². The number of rotatable bonds is 4. The Bertz CT molecular complexity index is 1180. The van der Waals surface area contributed by atoms with E-state index >= 15 is 0 Å². The van der Waals surface area contributed by atoms with Crippen molar-refractivity contribution in [3.05, 3.63) is 59.5 Å². The number of benzene rings is 2. The molecule has 0 aliphatic carbocycles. The zero-order valence-corrected chi connectivity index (χ0v) is 17.5. The van der Waals surface area contributed by atoms with Gasteiger partial charge in [-0.3, -0.25) is 9.78 Å². The van der Waals surface area contributed by atoms with Gasteiger partial charge in [0.15, 0.2) is 0 Å². The summed E-state index contributed by atoms with van der Waals surface area (Å²) in [6, 6.07) is 12.2. The first-order valence-electron chi connectivity index (χ1n) is 10.2. The van der Waals surface area contributed by atoms with Gasteiger partial charge in [0.05, 0.1) is 29.6 Å². The number of fused-ring (bicyclic) bond motifs is 1. The number of amides is 1. The van der Waals surface area contributed by atoms with Crippen LogP contribution in [0.25, 0.3) is 10.9 Å². The lowest BCUT2D eigenvalue weighted by Crippen LogP contribution is -2.38. The lowest BCUT2D eigenvalue weighted by Gasteiger charge is -2.34. The van der Waals surface area contributed by atoms with Gasteiger partial charge in [0.1, 0.15) is 17.6 Å². The Morgan fingerprint density at radius 1 is 1.26 bits per heavy atom. The van der Waals surface area contributed by atoms with E-state index in [1.54, 1.807) is 13.2 Å². The number of nitriles is 1. The third kappa shape index (κ3) is 4.15. The van der Waals surface area contributed by atoms with Crippen molar-refractivity contribution in [2.75, 3.05) is 30.4 Å². The second kappa shape index (κ2) is 8.60. The largest absolute Gasteiger partial charge is 0.495 e. The summed E-state index contributed by atoms with van der Waals surface area (Å²) in [7, 11) is 1.58. The lowest BCUT2D eigenvalue weighted by atomic mass is 9.94. The van der Waals surface area contributed by atoms with Gasteiger partial charge in [0.2, 0.25) is 5.91 Å². The Labute approximate surface area is 180 Å². The molecule has 3 aromatic rings. The Morgan fingerprint density at radius 2 is 2.03 bits per heavy atom. The van der Waals surface area contributed by atoms with Gasteiger partial charge < -0.3 is 15.0 Å². The van der Waals surface area contributed by atoms with E-state index in [-0.39, 0.29) is 17.6 Å². The summed E-state index contributed by atoms with van der Waals surface area (Å²) in [5.41, 5.74) is 3.43. The van der Waals surface area contributed by atoms with Gasteiger partial charge >= 0.3 is 0 Å². The standard InChI is InChI=1S/C24H23FN4O2/c1-15-3-6-22(31-2)21(11-15)28-24(30)16-7-9-29(10-8-16)23-17(13-26)14-27-20-5-4-18(25)12-19(20)23/h3-6,11-12,14,16H,7-10H2,1-2H3,(H,28,30). The average molecular weight is 418 g/mol. The van der Waals surface area contributed by atoms with Crippen molar-refractivity contribution in [2.45, 2.75) is 19.8 Å². The molecule has 0 atom stereocenters. The van der Waals surface area contributed by atoms with E-state index in [0.717, 1.165) is 5.56 Å². The molecule has 2 aromatic carbocycles. The summed E-state index contributed by atoms with van der Waals surface area (Å²) in [5, 5.41) is 13.2. The summed E-state index contributed by atoms with van der Waals surface area (Å²) < 4.78 is 19.2. The molecule has 0 bridgehead atoms. The molecule has 1 aromatic heterocycles. The predicted octanol–water partition coefficient (Wildman–Crippen LogP) is 4.42. The number of aryl methyl sites for hydroxylation is 1. The zero-order valence-electron chi connectivity index (χ0n) is 17.5. The molecule has 158 valence electrons. The Balaban J connectivity index is 1.52. The fourth-order valence-corrected chi connectivity index (χ4v) is 4.09. The quantitative estimate of drug-likeness (QED) is 0.679. The summed E-state index contributed by atoms with van der Waals surface area (Å²) in [6.45, 7) is 3.14. The number of nitrogens with one attached hydrogen (secondary N) is 1. The number of carbonyl (C=O) groups excluding carboxylic acids is 1. The summed E-state index contributed by atoms with van der Waals surface area (Å²) in [6.07, 6.45) is 2.78. The van der Waals surface area contributed by atoms with Gasteiger partial charge in [-0.05, 0) is 55.7 Å². The first-order valence-corrected chi connectivity index (χ1v) is 10.2. The number of hydrogen-bond donors (Lipinski definition) is 1. The van der Waals surface area contributed by atoms with Crippen molar-refractivity contribution in [3.63, 3.8) is 0 Å². The van der Waals surface area contributed by atoms with E-state index in [1.165, 1.54) is 18.3 Å². The van der Waals surface area contributed by atoms with Crippen molar-refractivity contribution < 1.29 is 13.9 Å². The number of nitrogens with zero attached hydrogens (tertiary/aromatic N) is 3. The second-order valence-corrected chi connectivity index (χ2v) is 7.75. The summed E-state index contributed by atoms with van der Waals surface area (Å²) in [4.78, 5) is 19.2. The first-order chi connectivity index (χ1) is 15.0. The molecule has 0 unspecified atom stereocenters. The summed E-state index contributed by atoms with van der Waals surface area (Å²) >= 11 is 0. The van der Waals surface area contributed by atoms with Crippen molar-refractivity contribution in [2.24, 2.45) is 5.92 Å². The number of methoxy groups -OCH3 is 1. The Morgan fingerprint density at radius 3 is 2.74 bits per heavy atom. The van der Waals surface area contributed by atoms with Crippen molar-refractivity contribution in [3.8, 4) is 11.8 Å². The molecule has 0 saturated carbocycles. The monoisotopic (exact) mass is 418 g/mol. The molecule has 6 nitrogen and oxygen atoms in total. The molecule has 0 radical (unpaired) electrons. The van der Waals surface area contributed by atoms with Gasteiger partial charge in [0, 0.05) is 30.6 Å². The van der Waals surface area contributed by atoms with E-state index < -0.39 is 0 Å². The van der Waals surface area contributed by atoms with Crippen LogP contribution in [-0.4, -0.2) is 31.1 Å². The van der Waals surface area contributed by atoms with Crippen LogP contribution in [0.4, 0.5) is 15.8 Å². The Kier molecular flexibility index (Phi) is 5.72. The fourth-order valence-electron chi connectivity index (χ4n) is 4.09. The van der Waals surface area contributed by atoms with Gasteiger partial charge in [-0.2, -0.15) is 5.26 Å². The second-order valence-electron chi connectivity index (χ2n) is 7.75. The van der Waals surface area contributed by atoms with E-state index in [0.29, 0.717) is 59.5 Å². The number of aromatic nitrogens is 1. The maximum absolute atomic E-state index is 13.9. The van der Waals surface area contributed by atoms with E-state index in [1.807, 2.05) is 25.1 Å². The van der Waals surface area contributed by atoms with Crippen LogP contribution in [0, 0.1) is 30.0 Å². The van der Waals surface area contributed by atoms with Crippen LogP contribution >= 0.6 is 0 Å². The average Bonchev–Trinajstić information content (AvgIpc) is 2.78. The molecular formula is C24H23FN4O2. The molecule has 7 heteroatoms. The Hall–Kier alpha value is -3.66. The minimum atomic E-state index is -0.369. The molecule has 1 amide bonds. The smallest absolute Gasteiger partial charge is 0.227 e. The highest BCUT2D eigenvalue weighted by Crippen LogP contribution is 2.33. The molecular weight excluding hydrogens is 395 g/mol. The van der Waals surface area contributed by atoms with E-state index in [9.17, 15) is 14.4 Å². The van der Waals surface area contributed by atoms with E-state index in [4.69, 9.17) is 4.74 Å². The molecule has 31 heavy (non-hydrogen) atoms. The number of hydrogen-bond acceptors (Lipinski definition) is 5. The third-order valence-corrected chi connectivity index (χ3v) is 5.72. The molecule has 1 N–H and O–H groups in total. The van der Waals surface area contributed by atoms with Gasteiger partial charge in [0.25, 0.3) is 0 Å².